The van der Waals surface area contributed by atoms with Crippen LogP contribution in [0, 0.1) is 0 Å². The zero-order valence-corrected chi connectivity index (χ0v) is 14.0. The number of carbonyl (C=O) groups is 1. The highest BCUT2D eigenvalue weighted by Gasteiger charge is 2.22. The number of hydrogen-bond acceptors (Lipinski definition) is 2. The third kappa shape index (κ3) is 4.83. The molecule has 2 aromatic rings. The Bertz CT molecular complexity index is 628. The fraction of sp³-hybridized carbons (Fsp3) is 0.316. The maximum absolute atomic E-state index is 12.5. The number of amides is 1. The summed E-state index contributed by atoms with van der Waals surface area (Å²) in [5.41, 5.74) is 1.94. The van der Waals surface area contributed by atoms with E-state index in [-0.39, 0.29) is 11.9 Å². The van der Waals surface area contributed by atoms with E-state index in [1.807, 2.05) is 63.4 Å². The molecule has 0 spiro atoms. The summed E-state index contributed by atoms with van der Waals surface area (Å²) < 4.78 is 5.55. The third-order valence-corrected chi connectivity index (χ3v) is 3.90. The van der Waals surface area contributed by atoms with Crippen molar-refractivity contribution in [3.63, 3.8) is 0 Å². The fourth-order valence-electron chi connectivity index (χ4n) is 2.39. The first-order valence-corrected chi connectivity index (χ1v) is 8.00. The van der Waals surface area contributed by atoms with Crippen LogP contribution in [-0.2, 0) is 11.3 Å². The SMILES string of the molecule is CCOc1ccccc1NC(=O)[C@@H](C)[NH+](C)Cc1ccccc1. The van der Waals surface area contributed by atoms with E-state index in [0.717, 1.165) is 17.1 Å². The second kappa shape index (κ2) is 8.34. The Balaban J connectivity index is 1.99. The number of likely N-dealkylation sites (N-methyl/N-ethyl adjacent to an activating group) is 1. The lowest BCUT2D eigenvalue weighted by molar-refractivity contribution is -0.907. The summed E-state index contributed by atoms with van der Waals surface area (Å²) in [5, 5.41) is 2.98. The molecular formula is C19H25N2O2+. The number of rotatable bonds is 7. The largest absolute Gasteiger partial charge is 0.492 e. The second-order valence-corrected chi connectivity index (χ2v) is 5.65. The molecule has 2 aromatic carbocycles. The van der Waals surface area contributed by atoms with E-state index < -0.39 is 0 Å². The summed E-state index contributed by atoms with van der Waals surface area (Å²) in [6.07, 6.45) is 0. The van der Waals surface area contributed by atoms with Crippen LogP contribution in [0.15, 0.2) is 54.6 Å². The molecule has 122 valence electrons. The van der Waals surface area contributed by atoms with Crippen molar-refractivity contribution in [2.24, 2.45) is 0 Å². The van der Waals surface area contributed by atoms with Gasteiger partial charge in [-0.2, -0.15) is 0 Å². The second-order valence-electron chi connectivity index (χ2n) is 5.65. The quantitative estimate of drug-likeness (QED) is 0.822. The van der Waals surface area contributed by atoms with Crippen molar-refractivity contribution in [1.29, 1.82) is 0 Å². The smallest absolute Gasteiger partial charge is 0.282 e. The van der Waals surface area contributed by atoms with Crippen LogP contribution < -0.4 is 15.0 Å². The van der Waals surface area contributed by atoms with Crippen LogP contribution in [0.3, 0.4) is 0 Å². The van der Waals surface area contributed by atoms with Gasteiger partial charge >= 0.3 is 0 Å². The van der Waals surface area contributed by atoms with E-state index in [4.69, 9.17) is 4.74 Å². The number of benzene rings is 2. The Hall–Kier alpha value is -2.33. The molecule has 0 radical (unpaired) electrons. The van der Waals surface area contributed by atoms with Gasteiger partial charge in [0.25, 0.3) is 5.91 Å². The summed E-state index contributed by atoms with van der Waals surface area (Å²) >= 11 is 0. The van der Waals surface area contributed by atoms with E-state index in [1.165, 1.54) is 5.56 Å². The number of quaternary nitrogens is 1. The molecule has 0 saturated carbocycles. The summed E-state index contributed by atoms with van der Waals surface area (Å²) in [7, 11) is 2.03. The Kier molecular flexibility index (Phi) is 6.18. The van der Waals surface area contributed by atoms with Crippen molar-refractivity contribution in [2.75, 3.05) is 19.0 Å². The lowest BCUT2D eigenvalue weighted by Crippen LogP contribution is -3.12. The number of hydrogen-bond donors (Lipinski definition) is 2. The van der Waals surface area contributed by atoms with Gasteiger partial charge in [0.15, 0.2) is 6.04 Å². The van der Waals surface area contributed by atoms with E-state index in [2.05, 4.69) is 17.4 Å². The predicted octanol–water partition coefficient (Wildman–Crippen LogP) is 2.13. The predicted molar refractivity (Wildman–Crippen MR) is 92.7 cm³/mol. The van der Waals surface area contributed by atoms with Gasteiger partial charge in [-0.3, -0.25) is 4.79 Å². The molecule has 1 amide bonds. The highest BCUT2D eigenvalue weighted by Crippen LogP contribution is 2.23. The standard InChI is InChI=1S/C19H24N2O2/c1-4-23-18-13-9-8-12-17(18)20-19(22)15(2)21(3)14-16-10-6-5-7-11-16/h5-13,15H,4,14H2,1-3H3,(H,20,22)/p+1/t15-/m1/s1. The Labute approximate surface area is 138 Å². The van der Waals surface area contributed by atoms with Crippen LogP contribution in [0.5, 0.6) is 5.75 Å². The van der Waals surface area contributed by atoms with Gasteiger partial charge in [-0.25, -0.2) is 0 Å². The zero-order chi connectivity index (χ0) is 16.7. The minimum absolute atomic E-state index is 0.00872. The highest BCUT2D eigenvalue weighted by atomic mass is 16.5. The molecule has 4 nitrogen and oxygen atoms in total. The zero-order valence-electron chi connectivity index (χ0n) is 14.0. The van der Waals surface area contributed by atoms with Gasteiger partial charge in [0.2, 0.25) is 0 Å². The van der Waals surface area contributed by atoms with Crippen molar-refractivity contribution in [2.45, 2.75) is 26.4 Å². The van der Waals surface area contributed by atoms with Crippen LogP contribution in [0.1, 0.15) is 19.4 Å². The third-order valence-electron chi connectivity index (χ3n) is 3.90. The number of carbonyl (C=O) groups excluding carboxylic acids is 1. The van der Waals surface area contributed by atoms with E-state index in [9.17, 15) is 4.79 Å². The topological polar surface area (TPSA) is 42.8 Å². The average Bonchev–Trinajstić information content (AvgIpc) is 2.57. The lowest BCUT2D eigenvalue weighted by Gasteiger charge is -2.21. The summed E-state index contributed by atoms with van der Waals surface area (Å²) in [6.45, 7) is 5.25. The molecule has 4 heteroatoms. The molecular weight excluding hydrogens is 288 g/mol. The molecule has 0 saturated heterocycles. The summed E-state index contributed by atoms with van der Waals surface area (Å²) in [5.74, 6) is 0.696. The van der Waals surface area contributed by atoms with Gasteiger partial charge in [-0.05, 0) is 26.0 Å². The Morgan fingerprint density at radius 3 is 2.48 bits per heavy atom. The Morgan fingerprint density at radius 2 is 1.78 bits per heavy atom. The van der Waals surface area contributed by atoms with Crippen LogP contribution in [-0.4, -0.2) is 25.6 Å². The van der Waals surface area contributed by atoms with Crippen molar-refractivity contribution >= 4 is 11.6 Å². The average molecular weight is 313 g/mol. The highest BCUT2D eigenvalue weighted by molar-refractivity contribution is 5.94. The molecule has 0 aliphatic carbocycles. The fourth-order valence-corrected chi connectivity index (χ4v) is 2.39. The number of para-hydroxylation sites is 2. The van der Waals surface area contributed by atoms with Crippen LogP contribution in [0.25, 0.3) is 0 Å². The molecule has 0 heterocycles. The van der Waals surface area contributed by atoms with Gasteiger partial charge in [-0.15, -0.1) is 0 Å². The number of ether oxygens (including phenoxy) is 1. The molecule has 2 N–H and O–H groups in total. The van der Waals surface area contributed by atoms with Gasteiger partial charge < -0.3 is 15.0 Å². The molecule has 0 aromatic heterocycles. The first-order chi connectivity index (χ1) is 11.1. The van der Waals surface area contributed by atoms with Crippen molar-refractivity contribution < 1.29 is 14.4 Å². The molecule has 23 heavy (non-hydrogen) atoms. The Morgan fingerprint density at radius 1 is 1.13 bits per heavy atom. The minimum Gasteiger partial charge on any atom is -0.492 e. The maximum atomic E-state index is 12.5. The maximum Gasteiger partial charge on any atom is 0.282 e. The van der Waals surface area contributed by atoms with Crippen molar-refractivity contribution in [1.82, 2.24) is 0 Å². The molecule has 0 bridgehead atoms. The normalized spacial score (nSPS) is 13.2. The van der Waals surface area contributed by atoms with Crippen LogP contribution in [0.2, 0.25) is 0 Å². The first-order valence-electron chi connectivity index (χ1n) is 8.00. The van der Waals surface area contributed by atoms with Gasteiger partial charge in [-0.1, -0.05) is 42.5 Å². The van der Waals surface area contributed by atoms with Gasteiger partial charge in [0.1, 0.15) is 12.3 Å². The van der Waals surface area contributed by atoms with Crippen molar-refractivity contribution in [3.8, 4) is 5.75 Å². The van der Waals surface area contributed by atoms with E-state index >= 15 is 0 Å². The molecule has 1 unspecified atom stereocenters. The van der Waals surface area contributed by atoms with E-state index in [1.54, 1.807) is 0 Å². The summed E-state index contributed by atoms with van der Waals surface area (Å²) in [6, 6.07) is 17.6. The molecule has 2 rings (SSSR count). The lowest BCUT2D eigenvalue weighted by atomic mass is 10.2. The van der Waals surface area contributed by atoms with Crippen molar-refractivity contribution in [3.05, 3.63) is 60.2 Å². The van der Waals surface area contributed by atoms with Gasteiger partial charge in [0, 0.05) is 5.56 Å². The molecule has 0 fully saturated rings. The number of anilines is 1. The molecule has 0 aliphatic rings. The molecule has 0 aliphatic heterocycles. The van der Waals surface area contributed by atoms with Crippen LogP contribution >= 0.6 is 0 Å². The minimum atomic E-state index is -0.162. The summed E-state index contributed by atoms with van der Waals surface area (Å²) in [4.78, 5) is 13.7. The number of nitrogens with one attached hydrogen (secondary N) is 2. The van der Waals surface area contributed by atoms with E-state index in [0.29, 0.717) is 12.4 Å². The monoisotopic (exact) mass is 313 g/mol. The van der Waals surface area contributed by atoms with Crippen LogP contribution in [0.4, 0.5) is 5.69 Å². The molecule has 2 atom stereocenters. The first kappa shape index (κ1) is 17.0. The van der Waals surface area contributed by atoms with Gasteiger partial charge in [0.05, 0.1) is 19.3 Å².